The molecule has 3 aliphatic carbocycles. The molecule has 0 amide bonds. The standard InChI is InChI=1S/C17H30O2P.Pd/c1-14(18)19-20(15-8-2-3-9-15,16-10-4-5-11-16)17-12-6-7-13-17;/h15-17H,2-13H2,1H3;/q+1;. The normalized spacial score (nSPS) is 25.2. The second-order valence-electron chi connectivity index (χ2n) is 7.16. The van der Waals surface area contributed by atoms with E-state index in [2.05, 4.69) is 0 Å². The van der Waals surface area contributed by atoms with Gasteiger partial charge in [-0.2, -0.15) is 0 Å². The van der Waals surface area contributed by atoms with Crippen molar-refractivity contribution in [2.75, 3.05) is 0 Å². The fraction of sp³-hybridized carbons (Fsp3) is 0.941. The Balaban J connectivity index is 0.00000161. The average Bonchev–Trinajstić information content (AvgIpc) is 3.15. The maximum absolute atomic E-state index is 11.9. The summed E-state index contributed by atoms with van der Waals surface area (Å²) in [6.45, 7) is 1.66. The van der Waals surface area contributed by atoms with Crippen molar-refractivity contribution in [3.63, 3.8) is 0 Å². The van der Waals surface area contributed by atoms with Crippen molar-refractivity contribution in [2.45, 2.75) is 101 Å². The molecule has 2 nitrogen and oxygen atoms in total. The average molecular weight is 404 g/mol. The molecule has 0 aromatic carbocycles. The summed E-state index contributed by atoms with van der Waals surface area (Å²) in [5, 5.41) is 0. The Labute approximate surface area is 144 Å². The van der Waals surface area contributed by atoms with Crippen LogP contribution in [0.4, 0.5) is 0 Å². The van der Waals surface area contributed by atoms with Crippen LogP contribution in [-0.4, -0.2) is 22.9 Å². The molecule has 3 rings (SSSR count). The molecule has 0 aliphatic heterocycles. The minimum Gasteiger partial charge on any atom is -0.313 e. The Hall–Kier alpha value is 0.562. The zero-order valence-corrected chi connectivity index (χ0v) is 15.7. The number of carbonyl (C=O) groups is 1. The van der Waals surface area contributed by atoms with Crippen LogP contribution in [0.5, 0.6) is 0 Å². The number of hydrogen-bond acceptors (Lipinski definition) is 2. The second kappa shape index (κ2) is 7.90. The molecule has 0 N–H and O–H groups in total. The van der Waals surface area contributed by atoms with Crippen LogP contribution in [0.15, 0.2) is 0 Å². The third kappa shape index (κ3) is 3.57. The Morgan fingerprint density at radius 2 is 1.05 bits per heavy atom. The Morgan fingerprint density at radius 1 is 0.762 bits per heavy atom. The van der Waals surface area contributed by atoms with Crippen molar-refractivity contribution in [2.24, 2.45) is 0 Å². The van der Waals surface area contributed by atoms with Gasteiger partial charge in [0.25, 0.3) is 0 Å². The Morgan fingerprint density at radius 3 is 1.29 bits per heavy atom. The van der Waals surface area contributed by atoms with Gasteiger partial charge in [0.1, 0.15) is 17.0 Å². The van der Waals surface area contributed by atoms with Gasteiger partial charge in [-0.15, -0.1) is 0 Å². The molecule has 0 spiro atoms. The summed E-state index contributed by atoms with van der Waals surface area (Å²) in [5.41, 5.74) is 2.28. The van der Waals surface area contributed by atoms with Crippen molar-refractivity contribution in [3.05, 3.63) is 0 Å². The van der Waals surface area contributed by atoms with E-state index < -0.39 is 7.49 Å². The molecule has 124 valence electrons. The molecule has 0 atom stereocenters. The summed E-state index contributed by atoms with van der Waals surface area (Å²) in [6.07, 6.45) is 16.3. The summed E-state index contributed by atoms with van der Waals surface area (Å²) in [7, 11) is -1.54. The van der Waals surface area contributed by atoms with E-state index >= 15 is 0 Å². The van der Waals surface area contributed by atoms with E-state index in [-0.39, 0.29) is 26.4 Å². The maximum Gasteiger partial charge on any atom is 0.346 e. The van der Waals surface area contributed by atoms with Crippen LogP contribution in [0.3, 0.4) is 0 Å². The quantitative estimate of drug-likeness (QED) is 0.470. The van der Waals surface area contributed by atoms with Crippen LogP contribution >= 0.6 is 7.49 Å². The molecule has 4 heteroatoms. The fourth-order valence-electron chi connectivity index (χ4n) is 5.26. The third-order valence-corrected chi connectivity index (χ3v) is 11.5. The fourth-order valence-corrected chi connectivity index (χ4v) is 11.5. The summed E-state index contributed by atoms with van der Waals surface area (Å²) < 4.78 is 6.36. The van der Waals surface area contributed by atoms with E-state index in [1.165, 1.54) is 77.0 Å². The number of hydrogen-bond donors (Lipinski definition) is 0. The predicted molar refractivity (Wildman–Crippen MR) is 85.5 cm³/mol. The maximum atomic E-state index is 11.9. The summed E-state index contributed by atoms with van der Waals surface area (Å²) in [5.74, 6) is 0.0176. The molecular formula is C17H30O2PPd+. The number of rotatable bonds is 4. The van der Waals surface area contributed by atoms with Crippen molar-refractivity contribution in [1.82, 2.24) is 0 Å². The molecule has 0 aromatic rings. The summed E-state index contributed by atoms with van der Waals surface area (Å²) >= 11 is 0. The molecular weight excluding hydrogens is 374 g/mol. The first-order valence-corrected chi connectivity index (χ1v) is 10.7. The van der Waals surface area contributed by atoms with Crippen LogP contribution in [0.2, 0.25) is 0 Å². The third-order valence-electron chi connectivity index (χ3n) is 5.97. The van der Waals surface area contributed by atoms with Crippen LogP contribution in [0.25, 0.3) is 0 Å². The smallest absolute Gasteiger partial charge is 0.313 e. The van der Waals surface area contributed by atoms with E-state index in [0.717, 1.165) is 17.0 Å². The zero-order chi connectivity index (χ0) is 14.0. The summed E-state index contributed by atoms with van der Waals surface area (Å²) in [6, 6.07) is 0. The van der Waals surface area contributed by atoms with Crippen LogP contribution in [0, 0.1) is 0 Å². The molecule has 3 fully saturated rings. The molecule has 3 aliphatic rings. The van der Waals surface area contributed by atoms with E-state index in [9.17, 15) is 4.79 Å². The minimum atomic E-state index is -1.54. The van der Waals surface area contributed by atoms with Gasteiger partial charge in [-0.25, -0.2) is 4.79 Å². The Bertz CT molecular complexity index is 302. The van der Waals surface area contributed by atoms with E-state index in [1.807, 2.05) is 0 Å². The molecule has 0 heterocycles. The van der Waals surface area contributed by atoms with Gasteiger partial charge in [0.05, 0.1) is 0 Å². The largest absolute Gasteiger partial charge is 0.346 e. The van der Waals surface area contributed by atoms with Gasteiger partial charge < -0.3 is 4.52 Å². The SMILES string of the molecule is CC(=O)O[P+](C1CCCC1)(C1CCCC1)C1CCCC1.[Pd]. The molecule has 0 bridgehead atoms. The van der Waals surface area contributed by atoms with Crippen LogP contribution in [0.1, 0.15) is 84.0 Å². The van der Waals surface area contributed by atoms with Gasteiger partial charge in [-0.05, 0) is 77.0 Å². The van der Waals surface area contributed by atoms with Gasteiger partial charge in [-0.1, -0.05) is 0 Å². The van der Waals surface area contributed by atoms with Crippen molar-refractivity contribution in [3.8, 4) is 0 Å². The van der Waals surface area contributed by atoms with Crippen LogP contribution < -0.4 is 0 Å². The number of carbonyl (C=O) groups excluding carboxylic acids is 1. The van der Waals surface area contributed by atoms with Gasteiger partial charge in [-0.3, -0.25) is 0 Å². The zero-order valence-electron chi connectivity index (χ0n) is 13.3. The van der Waals surface area contributed by atoms with Crippen molar-refractivity contribution >= 4 is 13.5 Å². The molecule has 0 unspecified atom stereocenters. The van der Waals surface area contributed by atoms with Gasteiger partial charge in [0, 0.05) is 27.3 Å². The van der Waals surface area contributed by atoms with Gasteiger partial charge >= 0.3 is 5.97 Å². The molecule has 21 heavy (non-hydrogen) atoms. The van der Waals surface area contributed by atoms with Gasteiger partial charge in [0.2, 0.25) is 7.49 Å². The van der Waals surface area contributed by atoms with E-state index in [1.54, 1.807) is 6.92 Å². The molecule has 0 saturated heterocycles. The molecule has 3 saturated carbocycles. The first-order chi connectivity index (χ1) is 9.73. The first kappa shape index (κ1) is 17.9. The van der Waals surface area contributed by atoms with Crippen LogP contribution in [-0.2, 0) is 29.7 Å². The summed E-state index contributed by atoms with van der Waals surface area (Å²) in [4.78, 5) is 11.9. The monoisotopic (exact) mass is 403 g/mol. The van der Waals surface area contributed by atoms with Crippen molar-refractivity contribution in [1.29, 1.82) is 0 Å². The molecule has 0 radical (unpaired) electrons. The first-order valence-electron chi connectivity index (χ1n) is 8.81. The van der Waals surface area contributed by atoms with Crippen molar-refractivity contribution < 1.29 is 29.7 Å². The predicted octanol–water partition coefficient (Wildman–Crippen LogP) is 5.31. The van der Waals surface area contributed by atoms with E-state index in [0.29, 0.717) is 0 Å². The van der Waals surface area contributed by atoms with E-state index in [4.69, 9.17) is 4.52 Å². The van der Waals surface area contributed by atoms with Gasteiger partial charge in [0.15, 0.2) is 0 Å². The Kier molecular flexibility index (Phi) is 6.74. The second-order valence-corrected chi connectivity index (χ2v) is 11.1. The minimum absolute atomic E-state index is 0. The topological polar surface area (TPSA) is 26.3 Å². The molecule has 0 aromatic heterocycles.